The molecule has 2 heteroatoms. The lowest BCUT2D eigenvalue weighted by molar-refractivity contribution is 0.0529. The number of rotatable bonds is 4. The molecular weight excluding hydrogens is 188 g/mol. The van der Waals surface area contributed by atoms with Crippen molar-refractivity contribution in [2.24, 2.45) is 0 Å². The van der Waals surface area contributed by atoms with E-state index in [2.05, 4.69) is 0 Å². The van der Waals surface area contributed by atoms with Crippen LogP contribution in [-0.4, -0.2) is 16.8 Å². The van der Waals surface area contributed by atoms with Gasteiger partial charge in [-0.25, -0.2) is 0 Å². The second-order valence-electron chi connectivity index (χ2n) is 4.34. The Morgan fingerprint density at radius 3 is 2.60 bits per heavy atom. The first-order valence-electron chi connectivity index (χ1n) is 5.45. The number of aliphatic hydroxyl groups is 2. The minimum atomic E-state index is -0.773. The van der Waals surface area contributed by atoms with Gasteiger partial charge in [-0.15, -0.1) is 0 Å². The molecule has 0 saturated carbocycles. The summed E-state index contributed by atoms with van der Waals surface area (Å²) in [5.41, 5.74) is 1.22. The van der Waals surface area contributed by atoms with Crippen LogP contribution in [0.25, 0.3) is 0 Å². The summed E-state index contributed by atoms with van der Waals surface area (Å²) in [4.78, 5) is 0. The van der Waals surface area contributed by atoms with Gasteiger partial charge in [-0.05, 0) is 24.5 Å². The molecule has 15 heavy (non-hydrogen) atoms. The zero-order valence-corrected chi connectivity index (χ0v) is 9.70. The predicted molar refractivity (Wildman–Crippen MR) is 61.8 cm³/mol. The molecule has 0 heterocycles. The average molecular weight is 208 g/mol. The van der Waals surface area contributed by atoms with Gasteiger partial charge in [-0.1, -0.05) is 38.1 Å². The Kier molecular flexibility index (Phi) is 3.89. The molecular formula is C13H20O2. The van der Waals surface area contributed by atoms with E-state index < -0.39 is 5.60 Å². The Bertz CT molecular complexity index is 318. The summed E-state index contributed by atoms with van der Waals surface area (Å²) in [5, 5.41) is 19.2. The van der Waals surface area contributed by atoms with E-state index in [-0.39, 0.29) is 12.5 Å². The first-order chi connectivity index (χ1) is 7.01. The fourth-order valence-corrected chi connectivity index (χ4v) is 1.49. The van der Waals surface area contributed by atoms with Crippen LogP contribution in [0.3, 0.4) is 0 Å². The molecule has 2 N–H and O–H groups in total. The maximum absolute atomic E-state index is 10.1. The largest absolute Gasteiger partial charge is 0.396 e. The van der Waals surface area contributed by atoms with Crippen LogP contribution >= 0.6 is 0 Å². The Morgan fingerprint density at radius 1 is 1.40 bits per heavy atom. The third-order valence-corrected chi connectivity index (χ3v) is 3.04. The summed E-state index contributed by atoms with van der Waals surface area (Å²) in [5.74, 6) is 0.123. The highest BCUT2D eigenvalue weighted by Gasteiger charge is 2.20. The number of benzene rings is 1. The van der Waals surface area contributed by atoms with Crippen molar-refractivity contribution in [3.8, 4) is 0 Å². The van der Waals surface area contributed by atoms with Gasteiger partial charge in [0.1, 0.15) is 0 Å². The number of hydrogen-bond donors (Lipinski definition) is 2. The van der Waals surface area contributed by atoms with Gasteiger partial charge in [0.25, 0.3) is 0 Å². The van der Waals surface area contributed by atoms with Crippen molar-refractivity contribution in [3.63, 3.8) is 0 Å². The molecule has 0 aromatic heterocycles. The number of aliphatic hydroxyl groups excluding tert-OH is 1. The van der Waals surface area contributed by atoms with Crippen LogP contribution in [0.2, 0.25) is 0 Å². The van der Waals surface area contributed by atoms with Crippen LogP contribution in [0, 0.1) is 0 Å². The summed E-state index contributed by atoms with van der Waals surface area (Å²) >= 11 is 0. The second kappa shape index (κ2) is 4.77. The van der Waals surface area contributed by atoms with Crippen LogP contribution in [-0.2, 0) is 5.60 Å². The van der Waals surface area contributed by atoms with Crippen molar-refractivity contribution < 1.29 is 10.2 Å². The lowest BCUT2D eigenvalue weighted by atomic mass is 9.90. The Balaban J connectivity index is 3.02. The third kappa shape index (κ3) is 2.80. The van der Waals surface area contributed by atoms with Crippen molar-refractivity contribution >= 4 is 0 Å². The summed E-state index contributed by atoms with van der Waals surface area (Å²) in [7, 11) is 0. The molecule has 0 spiro atoms. The van der Waals surface area contributed by atoms with Crippen LogP contribution in [0.15, 0.2) is 24.3 Å². The fourth-order valence-electron chi connectivity index (χ4n) is 1.49. The molecule has 1 aromatic carbocycles. The summed E-state index contributed by atoms with van der Waals surface area (Å²) < 4.78 is 0. The molecule has 0 bridgehead atoms. The molecule has 0 aliphatic carbocycles. The minimum absolute atomic E-state index is 0.123. The van der Waals surface area contributed by atoms with Gasteiger partial charge in [0.15, 0.2) is 0 Å². The van der Waals surface area contributed by atoms with E-state index in [1.54, 1.807) is 0 Å². The van der Waals surface area contributed by atoms with E-state index in [1.807, 2.05) is 45.0 Å². The molecule has 2 atom stereocenters. The van der Waals surface area contributed by atoms with Gasteiger partial charge in [-0.3, -0.25) is 0 Å². The summed E-state index contributed by atoms with van der Waals surface area (Å²) in [6, 6.07) is 7.82. The monoisotopic (exact) mass is 208 g/mol. The highest BCUT2D eigenvalue weighted by atomic mass is 16.3. The molecule has 2 unspecified atom stereocenters. The molecule has 1 rings (SSSR count). The Labute approximate surface area is 91.6 Å². The van der Waals surface area contributed by atoms with Crippen LogP contribution in [0.4, 0.5) is 0 Å². The van der Waals surface area contributed by atoms with E-state index in [0.29, 0.717) is 6.42 Å². The molecule has 0 radical (unpaired) electrons. The maximum Gasteiger partial charge on any atom is 0.0866 e. The van der Waals surface area contributed by atoms with E-state index in [1.165, 1.54) is 0 Å². The van der Waals surface area contributed by atoms with Crippen molar-refractivity contribution in [3.05, 3.63) is 35.4 Å². The van der Waals surface area contributed by atoms with E-state index in [9.17, 15) is 5.11 Å². The SMILES string of the molecule is CCC(C)(O)c1cccc(C(C)CO)c1. The second-order valence-corrected chi connectivity index (χ2v) is 4.34. The molecule has 1 aromatic rings. The zero-order chi connectivity index (χ0) is 11.5. The highest BCUT2D eigenvalue weighted by Crippen LogP contribution is 2.26. The van der Waals surface area contributed by atoms with E-state index in [0.717, 1.165) is 11.1 Å². The predicted octanol–water partition coefficient (Wildman–Crippen LogP) is 2.40. The lowest BCUT2D eigenvalue weighted by Crippen LogP contribution is -2.19. The normalized spacial score (nSPS) is 17.1. The lowest BCUT2D eigenvalue weighted by Gasteiger charge is -2.23. The Morgan fingerprint density at radius 2 is 2.07 bits per heavy atom. The third-order valence-electron chi connectivity index (χ3n) is 3.04. The Hall–Kier alpha value is -0.860. The highest BCUT2D eigenvalue weighted by molar-refractivity contribution is 5.29. The van der Waals surface area contributed by atoms with E-state index in [4.69, 9.17) is 5.11 Å². The van der Waals surface area contributed by atoms with Crippen LogP contribution in [0.1, 0.15) is 44.2 Å². The first-order valence-corrected chi connectivity index (χ1v) is 5.45. The topological polar surface area (TPSA) is 40.5 Å². The summed E-state index contributed by atoms with van der Waals surface area (Å²) in [6.45, 7) is 5.88. The molecule has 2 nitrogen and oxygen atoms in total. The standard InChI is InChI=1S/C13H20O2/c1-4-13(3,15)12-7-5-6-11(8-12)10(2)9-14/h5-8,10,14-15H,4,9H2,1-3H3. The van der Waals surface area contributed by atoms with Crippen LogP contribution < -0.4 is 0 Å². The van der Waals surface area contributed by atoms with Crippen LogP contribution in [0.5, 0.6) is 0 Å². The van der Waals surface area contributed by atoms with Crippen molar-refractivity contribution in [2.75, 3.05) is 6.61 Å². The molecule has 84 valence electrons. The smallest absolute Gasteiger partial charge is 0.0866 e. The van der Waals surface area contributed by atoms with Gasteiger partial charge in [0, 0.05) is 12.5 Å². The minimum Gasteiger partial charge on any atom is -0.396 e. The fraction of sp³-hybridized carbons (Fsp3) is 0.538. The molecule has 0 saturated heterocycles. The summed E-state index contributed by atoms with van der Waals surface area (Å²) in [6.07, 6.45) is 0.684. The van der Waals surface area contributed by atoms with E-state index >= 15 is 0 Å². The zero-order valence-electron chi connectivity index (χ0n) is 9.70. The maximum atomic E-state index is 10.1. The quantitative estimate of drug-likeness (QED) is 0.797. The van der Waals surface area contributed by atoms with Gasteiger partial charge in [0.2, 0.25) is 0 Å². The molecule has 0 aliphatic heterocycles. The molecule has 0 fully saturated rings. The molecule has 0 aliphatic rings. The van der Waals surface area contributed by atoms with Crippen molar-refractivity contribution in [1.29, 1.82) is 0 Å². The number of hydrogen-bond acceptors (Lipinski definition) is 2. The first kappa shape index (κ1) is 12.2. The van der Waals surface area contributed by atoms with Gasteiger partial charge < -0.3 is 10.2 Å². The van der Waals surface area contributed by atoms with Gasteiger partial charge >= 0.3 is 0 Å². The average Bonchev–Trinajstić information content (AvgIpc) is 2.28. The van der Waals surface area contributed by atoms with Crippen molar-refractivity contribution in [1.82, 2.24) is 0 Å². The molecule has 0 amide bonds. The van der Waals surface area contributed by atoms with Gasteiger partial charge in [0.05, 0.1) is 5.60 Å². The van der Waals surface area contributed by atoms with Gasteiger partial charge in [-0.2, -0.15) is 0 Å². The van der Waals surface area contributed by atoms with Crippen molar-refractivity contribution in [2.45, 2.75) is 38.7 Å².